The third-order valence-electron chi connectivity index (χ3n) is 3.82. The van der Waals surface area contributed by atoms with E-state index in [2.05, 4.69) is 0 Å². The van der Waals surface area contributed by atoms with Crippen molar-refractivity contribution in [1.82, 2.24) is 4.90 Å². The molecule has 0 aromatic carbocycles. The van der Waals surface area contributed by atoms with Gasteiger partial charge in [-0.3, -0.25) is 4.79 Å². The monoisotopic (exact) mass is 289 g/mol. The van der Waals surface area contributed by atoms with Crippen LogP contribution in [0.3, 0.4) is 0 Å². The topological polar surface area (TPSA) is 66.8 Å². The standard InChI is InChI=1S/C14H24FNO4/c1-12(2,3)20-11(19)16-8-6-14(7-9-16,10(17)18)13(4,5)15/h6-9H2,1-5H3,(H,17,18). The van der Waals surface area contributed by atoms with Crippen LogP contribution in [0.4, 0.5) is 9.18 Å². The Bertz CT molecular complexity index is 387. The fraction of sp³-hybridized carbons (Fsp3) is 0.857. The zero-order valence-electron chi connectivity index (χ0n) is 12.8. The maximum Gasteiger partial charge on any atom is 0.410 e. The number of nitrogens with zero attached hydrogens (tertiary/aromatic N) is 1. The molecule has 0 aromatic rings. The van der Waals surface area contributed by atoms with Gasteiger partial charge in [0.15, 0.2) is 0 Å². The van der Waals surface area contributed by atoms with Crippen LogP contribution >= 0.6 is 0 Å². The van der Waals surface area contributed by atoms with Gasteiger partial charge in [0, 0.05) is 13.1 Å². The van der Waals surface area contributed by atoms with Gasteiger partial charge in [-0.15, -0.1) is 0 Å². The summed E-state index contributed by atoms with van der Waals surface area (Å²) >= 11 is 0. The number of carboxylic acids is 1. The van der Waals surface area contributed by atoms with Gasteiger partial charge in [-0.05, 0) is 47.5 Å². The molecule has 1 saturated heterocycles. The van der Waals surface area contributed by atoms with Crippen LogP contribution in [0, 0.1) is 5.41 Å². The van der Waals surface area contributed by atoms with Crippen LogP contribution in [0.2, 0.25) is 0 Å². The number of aliphatic carboxylic acids is 1. The van der Waals surface area contributed by atoms with Gasteiger partial charge in [0.2, 0.25) is 0 Å². The molecule has 0 unspecified atom stereocenters. The second-order valence-corrected chi connectivity index (χ2v) is 6.83. The molecule has 1 aliphatic rings. The van der Waals surface area contributed by atoms with Crippen LogP contribution in [0.15, 0.2) is 0 Å². The largest absolute Gasteiger partial charge is 0.481 e. The van der Waals surface area contributed by atoms with Crippen LogP contribution in [0.25, 0.3) is 0 Å². The summed E-state index contributed by atoms with van der Waals surface area (Å²) in [5.41, 5.74) is -3.87. The lowest BCUT2D eigenvalue weighted by molar-refractivity contribution is -0.163. The molecule has 0 bridgehead atoms. The van der Waals surface area contributed by atoms with Gasteiger partial charge >= 0.3 is 12.1 Å². The van der Waals surface area contributed by atoms with Crippen molar-refractivity contribution in [3.05, 3.63) is 0 Å². The summed E-state index contributed by atoms with van der Waals surface area (Å²) < 4.78 is 19.5. The molecular weight excluding hydrogens is 265 g/mol. The van der Waals surface area contributed by atoms with Gasteiger partial charge in [-0.2, -0.15) is 0 Å². The number of alkyl halides is 1. The fourth-order valence-corrected chi connectivity index (χ4v) is 2.46. The van der Waals surface area contributed by atoms with Crippen molar-refractivity contribution in [2.24, 2.45) is 5.41 Å². The third-order valence-corrected chi connectivity index (χ3v) is 3.82. The van der Waals surface area contributed by atoms with Crippen LogP contribution in [-0.2, 0) is 9.53 Å². The molecule has 116 valence electrons. The van der Waals surface area contributed by atoms with Gasteiger partial charge in [0.1, 0.15) is 16.7 Å². The number of halogens is 1. The Labute approximate surface area is 119 Å². The first-order valence-corrected chi connectivity index (χ1v) is 6.79. The fourth-order valence-electron chi connectivity index (χ4n) is 2.46. The van der Waals surface area contributed by atoms with Gasteiger partial charge in [-0.1, -0.05) is 0 Å². The normalized spacial score (nSPS) is 19.6. The van der Waals surface area contributed by atoms with Crippen molar-refractivity contribution in [1.29, 1.82) is 0 Å². The first-order valence-electron chi connectivity index (χ1n) is 6.79. The van der Waals surface area contributed by atoms with E-state index in [1.807, 2.05) is 0 Å². The molecule has 1 fully saturated rings. The van der Waals surface area contributed by atoms with E-state index in [0.29, 0.717) is 0 Å². The zero-order valence-corrected chi connectivity index (χ0v) is 12.8. The quantitative estimate of drug-likeness (QED) is 0.849. The second kappa shape index (κ2) is 5.22. The summed E-state index contributed by atoms with van der Waals surface area (Å²) in [5, 5.41) is 9.36. The Morgan fingerprint density at radius 3 is 1.90 bits per heavy atom. The molecule has 0 spiro atoms. The highest BCUT2D eigenvalue weighted by Gasteiger charge is 2.54. The minimum Gasteiger partial charge on any atom is -0.481 e. The first kappa shape index (κ1) is 16.7. The molecule has 1 amide bonds. The smallest absolute Gasteiger partial charge is 0.410 e. The van der Waals surface area contributed by atoms with E-state index in [1.54, 1.807) is 20.8 Å². The number of hydrogen-bond donors (Lipinski definition) is 1. The molecule has 1 heterocycles. The molecule has 6 heteroatoms. The van der Waals surface area contributed by atoms with Gasteiger partial charge in [0.25, 0.3) is 0 Å². The predicted octanol–water partition coefficient (Wildman–Crippen LogP) is 2.84. The summed E-state index contributed by atoms with van der Waals surface area (Å²) in [5.74, 6) is -1.14. The molecule has 1 N–H and O–H groups in total. The summed E-state index contributed by atoms with van der Waals surface area (Å²) in [6.45, 7) is 8.24. The minimum atomic E-state index is -1.83. The number of carboxylic acid groups (broad SMARTS) is 1. The molecule has 1 aliphatic heterocycles. The lowest BCUT2D eigenvalue weighted by Gasteiger charge is -2.44. The number of ether oxygens (including phenoxy) is 1. The lowest BCUT2D eigenvalue weighted by atomic mass is 9.68. The number of amides is 1. The summed E-state index contributed by atoms with van der Waals surface area (Å²) in [6, 6.07) is 0. The lowest BCUT2D eigenvalue weighted by Crippen LogP contribution is -2.55. The molecular formula is C14H24FNO4. The number of carbonyl (C=O) groups excluding carboxylic acids is 1. The van der Waals surface area contributed by atoms with E-state index in [0.717, 1.165) is 0 Å². The number of likely N-dealkylation sites (tertiary alicyclic amines) is 1. The average molecular weight is 289 g/mol. The maximum atomic E-state index is 14.3. The van der Waals surface area contributed by atoms with Crippen molar-refractivity contribution >= 4 is 12.1 Å². The molecule has 0 saturated carbocycles. The first-order chi connectivity index (χ1) is 8.89. The molecule has 0 atom stereocenters. The van der Waals surface area contributed by atoms with Crippen LogP contribution in [-0.4, -0.2) is 46.4 Å². The second-order valence-electron chi connectivity index (χ2n) is 6.83. The van der Waals surface area contributed by atoms with Gasteiger partial charge in [0.05, 0.1) is 0 Å². The van der Waals surface area contributed by atoms with Crippen LogP contribution in [0.1, 0.15) is 47.5 Å². The molecule has 0 radical (unpaired) electrons. The van der Waals surface area contributed by atoms with Gasteiger partial charge < -0.3 is 14.7 Å². The Morgan fingerprint density at radius 1 is 1.15 bits per heavy atom. The number of carbonyl (C=O) groups is 2. The summed E-state index contributed by atoms with van der Waals surface area (Å²) in [7, 11) is 0. The Balaban J connectivity index is 2.76. The van der Waals surface area contributed by atoms with Crippen LogP contribution < -0.4 is 0 Å². The Kier molecular flexibility index (Phi) is 4.36. The highest BCUT2D eigenvalue weighted by Crippen LogP contribution is 2.44. The molecule has 1 rings (SSSR count). The maximum absolute atomic E-state index is 14.3. The summed E-state index contributed by atoms with van der Waals surface area (Å²) in [6.07, 6.45) is -0.302. The highest BCUT2D eigenvalue weighted by atomic mass is 19.1. The van der Waals surface area contributed by atoms with Crippen molar-refractivity contribution in [3.8, 4) is 0 Å². The van der Waals surface area contributed by atoms with E-state index in [-0.39, 0.29) is 25.9 Å². The molecule has 0 aliphatic carbocycles. The van der Waals surface area contributed by atoms with E-state index in [4.69, 9.17) is 4.74 Å². The predicted molar refractivity (Wildman–Crippen MR) is 72.3 cm³/mol. The van der Waals surface area contributed by atoms with Crippen molar-refractivity contribution in [3.63, 3.8) is 0 Å². The number of rotatable bonds is 2. The SMILES string of the molecule is CC(C)(C)OC(=O)N1CCC(C(=O)O)(C(C)(C)F)CC1. The van der Waals surface area contributed by atoms with Crippen LogP contribution in [0.5, 0.6) is 0 Å². The average Bonchev–Trinajstić information content (AvgIpc) is 2.25. The Morgan fingerprint density at radius 2 is 1.60 bits per heavy atom. The van der Waals surface area contributed by atoms with Crippen molar-refractivity contribution in [2.75, 3.05) is 13.1 Å². The van der Waals surface area contributed by atoms with E-state index < -0.39 is 28.7 Å². The van der Waals surface area contributed by atoms with E-state index in [9.17, 15) is 19.1 Å². The van der Waals surface area contributed by atoms with Gasteiger partial charge in [-0.25, -0.2) is 9.18 Å². The highest BCUT2D eigenvalue weighted by molar-refractivity contribution is 5.77. The molecule has 20 heavy (non-hydrogen) atoms. The van der Waals surface area contributed by atoms with Crippen molar-refractivity contribution < 1.29 is 23.8 Å². The number of piperidine rings is 1. The molecule has 0 aromatic heterocycles. The van der Waals surface area contributed by atoms with E-state index in [1.165, 1.54) is 18.7 Å². The van der Waals surface area contributed by atoms with E-state index >= 15 is 0 Å². The number of hydrogen-bond acceptors (Lipinski definition) is 3. The Hall–Kier alpha value is -1.33. The van der Waals surface area contributed by atoms with Crippen molar-refractivity contribution in [2.45, 2.75) is 58.7 Å². The molecule has 5 nitrogen and oxygen atoms in total. The minimum absolute atomic E-state index is 0.0884. The zero-order chi connectivity index (χ0) is 15.8. The third kappa shape index (κ3) is 3.41. The summed E-state index contributed by atoms with van der Waals surface area (Å²) in [4.78, 5) is 24.8.